The van der Waals surface area contributed by atoms with Gasteiger partial charge in [-0.3, -0.25) is 19.3 Å². The molecule has 28 heavy (non-hydrogen) atoms. The highest BCUT2D eigenvalue weighted by atomic mass is 32.2. The van der Waals surface area contributed by atoms with Gasteiger partial charge < -0.3 is 9.47 Å². The van der Waals surface area contributed by atoms with E-state index in [-0.39, 0.29) is 17.9 Å². The highest BCUT2D eigenvalue weighted by molar-refractivity contribution is 8.03. The molecule has 0 aliphatic carbocycles. The summed E-state index contributed by atoms with van der Waals surface area (Å²) in [4.78, 5) is 44.0. The van der Waals surface area contributed by atoms with Crippen LogP contribution in [0.25, 0.3) is 4.96 Å². The number of ketones is 1. The second-order valence-electron chi connectivity index (χ2n) is 6.28. The quantitative estimate of drug-likeness (QED) is 0.344. The van der Waals surface area contributed by atoms with Crippen molar-refractivity contribution in [3.63, 3.8) is 0 Å². The molecule has 1 atom stereocenters. The second-order valence-corrected chi connectivity index (χ2v) is 8.59. The lowest BCUT2D eigenvalue weighted by Gasteiger charge is -2.26. The SMILES string of the molecule is CCOC(=O)[C@@H](Sc1nn2c(=O)c3c(nc2s1)CCN(CCOC)C3)C(C)=O. The number of esters is 1. The van der Waals surface area contributed by atoms with Gasteiger partial charge in [-0.05, 0) is 13.8 Å². The third kappa shape index (κ3) is 4.43. The van der Waals surface area contributed by atoms with E-state index in [0.717, 1.165) is 30.5 Å². The average Bonchev–Trinajstić information content (AvgIpc) is 3.07. The lowest BCUT2D eigenvalue weighted by Crippen LogP contribution is -2.38. The van der Waals surface area contributed by atoms with E-state index in [9.17, 15) is 14.4 Å². The van der Waals surface area contributed by atoms with Crippen LogP contribution in [-0.2, 0) is 32.0 Å². The molecule has 2 aromatic heterocycles. The zero-order valence-electron chi connectivity index (χ0n) is 16.0. The molecule has 0 N–H and O–H groups in total. The molecule has 0 amide bonds. The van der Waals surface area contributed by atoms with Crippen LogP contribution in [0, 0.1) is 0 Å². The van der Waals surface area contributed by atoms with Crippen molar-refractivity contribution < 1.29 is 19.1 Å². The predicted molar refractivity (Wildman–Crippen MR) is 105 cm³/mol. The van der Waals surface area contributed by atoms with Gasteiger partial charge in [0.05, 0.1) is 24.5 Å². The number of ether oxygens (including phenoxy) is 2. The summed E-state index contributed by atoms with van der Waals surface area (Å²) in [6.07, 6.45) is 0.685. The van der Waals surface area contributed by atoms with Crippen molar-refractivity contribution in [2.45, 2.75) is 36.4 Å². The lowest BCUT2D eigenvalue weighted by molar-refractivity contribution is -0.144. The summed E-state index contributed by atoms with van der Waals surface area (Å²) in [5.41, 5.74) is 1.21. The number of methoxy groups -OCH3 is 1. The van der Waals surface area contributed by atoms with Gasteiger partial charge in [-0.15, -0.1) is 5.10 Å². The van der Waals surface area contributed by atoms with Gasteiger partial charge in [-0.2, -0.15) is 4.52 Å². The number of nitrogens with zero attached hydrogens (tertiary/aromatic N) is 4. The molecule has 2 aromatic rings. The van der Waals surface area contributed by atoms with Crippen molar-refractivity contribution in [3.05, 3.63) is 21.6 Å². The molecule has 11 heteroatoms. The van der Waals surface area contributed by atoms with E-state index < -0.39 is 11.2 Å². The number of fused-ring (bicyclic) bond motifs is 2. The highest BCUT2D eigenvalue weighted by Crippen LogP contribution is 2.29. The van der Waals surface area contributed by atoms with Crippen LogP contribution in [0.1, 0.15) is 25.1 Å². The minimum absolute atomic E-state index is 0.191. The Labute approximate surface area is 170 Å². The number of thioether (sulfide) groups is 1. The first-order chi connectivity index (χ1) is 13.4. The van der Waals surface area contributed by atoms with E-state index >= 15 is 0 Å². The lowest BCUT2D eigenvalue weighted by atomic mass is 10.1. The maximum absolute atomic E-state index is 12.9. The standard InChI is InChI=1S/C17H22N4O5S2/c1-4-26-15(24)13(10(2)22)27-17-19-21-14(23)11-9-20(7-8-25-3)6-5-12(11)18-16(21)28-17/h13H,4-9H2,1-3H3/t13-/m0/s1. The number of aromatic nitrogens is 3. The number of hydrogen-bond donors (Lipinski definition) is 0. The van der Waals surface area contributed by atoms with E-state index in [1.54, 1.807) is 14.0 Å². The first-order valence-corrected chi connectivity index (χ1v) is 10.6. The van der Waals surface area contributed by atoms with Crippen molar-refractivity contribution in [1.29, 1.82) is 0 Å². The molecule has 3 heterocycles. The van der Waals surface area contributed by atoms with Crippen LogP contribution in [0.3, 0.4) is 0 Å². The van der Waals surface area contributed by atoms with Gasteiger partial charge in [0.2, 0.25) is 4.96 Å². The Bertz CT molecular complexity index is 942. The maximum atomic E-state index is 12.9. The first-order valence-electron chi connectivity index (χ1n) is 8.91. The van der Waals surface area contributed by atoms with Crippen LogP contribution in [-0.4, -0.2) is 69.9 Å². The largest absolute Gasteiger partial charge is 0.465 e. The molecular weight excluding hydrogens is 404 g/mol. The van der Waals surface area contributed by atoms with Gasteiger partial charge in [0.25, 0.3) is 5.56 Å². The van der Waals surface area contributed by atoms with Gasteiger partial charge >= 0.3 is 5.97 Å². The molecule has 0 spiro atoms. The Morgan fingerprint density at radius 2 is 2.18 bits per heavy atom. The van der Waals surface area contributed by atoms with Crippen molar-refractivity contribution in [1.82, 2.24) is 19.5 Å². The van der Waals surface area contributed by atoms with Crippen molar-refractivity contribution >= 4 is 39.8 Å². The Balaban J connectivity index is 1.88. The Hall–Kier alpha value is -1.82. The molecule has 0 fully saturated rings. The van der Waals surface area contributed by atoms with Crippen LogP contribution >= 0.6 is 23.1 Å². The topological polar surface area (TPSA) is 103 Å². The molecule has 0 aromatic carbocycles. The van der Waals surface area contributed by atoms with Crippen LogP contribution in [0.2, 0.25) is 0 Å². The molecule has 0 saturated heterocycles. The highest BCUT2D eigenvalue weighted by Gasteiger charge is 2.29. The second kappa shape index (κ2) is 9.12. The van der Waals surface area contributed by atoms with Gasteiger partial charge in [0.1, 0.15) is 0 Å². The molecule has 0 saturated carbocycles. The molecule has 1 aliphatic heterocycles. The van der Waals surface area contributed by atoms with E-state index in [0.29, 0.717) is 34.4 Å². The van der Waals surface area contributed by atoms with Crippen LogP contribution in [0.4, 0.5) is 0 Å². The zero-order valence-corrected chi connectivity index (χ0v) is 17.6. The van der Waals surface area contributed by atoms with E-state index in [1.165, 1.54) is 22.8 Å². The third-order valence-electron chi connectivity index (χ3n) is 4.32. The van der Waals surface area contributed by atoms with Crippen molar-refractivity contribution in [2.24, 2.45) is 0 Å². The van der Waals surface area contributed by atoms with Crippen LogP contribution < -0.4 is 5.56 Å². The molecule has 152 valence electrons. The van der Waals surface area contributed by atoms with Crippen molar-refractivity contribution in [2.75, 3.05) is 33.4 Å². The van der Waals surface area contributed by atoms with E-state index in [2.05, 4.69) is 15.0 Å². The number of hydrogen-bond acceptors (Lipinski definition) is 10. The van der Waals surface area contributed by atoms with Gasteiger partial charge in [0, 0.05) is 33.2 Å². The molecule has 0 bridgehead atoms. The summed E-state index contributed by atoms with van der Waals surface area (Å²) in [7, 11) is 1.65. The molecule has 9 nitrogen and oxygen atoms in total. The average molecular weight is 427 g/mol. The summed E-state index contributed by atoms with van der Waals surface area (Å²) in [5, 5.41) is 3.29. The summed E-state index contributed by atoms with van der Waals surface area (Å²) >= 11 is 2.18. The number of carbonyl (C=O) groups excluding carboxylic acids is 2. The minimum atomic E-state index is -1.00. The number of rotatable bonds is 8. The first kappa shape index (κ1) is 20.9. The number of carbonyl (C=O) groups is 2. The summed E-state index contributed by atoms with van der Waals surface area (Å²) in [6.45, 7) is 5.87. The summed E-state index contributed by atoms with van der Waals surface area (Å²) < 4.78 is 11.8. The van der Waals surface area contributed by atoms with E-state index in [4.69, 9.17) is 9.47 Å². The number of Topliss-reactive ketones (excluding diaryl/α,β-unsaturated/α-hetero) is 1. The van der Waals surface area contributed by atoms with Crippen LogP contribution in [0.15, 0.2) is 9.13 Å². The van der Waals surface area contributed by atoms with Crippen molar-refractivity contribution in [3.8, 4) is 0 Å². The third-order valence-corrected chi connectivity index (χ3v) is 6.60. The molecule has 0 unspecified atom stereocenters. The van der Waals surface area contributed by atoms with Gasteiger partial charge in [-0.1, -0.05) is 23.1 Å². The molecule has 1 aliphatic rings. The molecule has 3 rings (SSSR count). The monoisotopic (exact) mass is 426 g/mol. The fraction of sp³-hybridized carbons (Fsp3) is 0.588. The Morgan fingerprint density at radius 3 is 2.86 bits per heavy atom. The molecule has 0 radical (unpaired) electrons. The van der Waals surface area contributed by atoms with Gasteiger partial charge in [-0.25, -0.2) is 4.98 Å². The molecular formula is C17H22N4O5S2. The fourth-order valence-electron chi connectivity index (χ4n) is 2.91. The normalized spacial score (nSPS) is 15.4. The van der Waals surface area contributed by atoms with Gasteiger partial charge in [0.15, 0.2) is 15.4 Å². The minimum Gasteiger partial charge on any atom is -0.465 e. The Kier molecular flexibility index (Phi) is 6.81. The summed E-state index contributed by atoms with van der Waals surface area (Å²) in [6, 6.07) is 0. The van der Waals surface area contributed by atoms with Crippen LogP contribution in [0.5, 0.6) is 0 Å². The summed E-state index contributed by atoms with van der Waals surface area (Å²) in [5.74, 6) is -0.927. The Morgan fingerprint density at radius 1 is 1.39 bits per heavy atom. The maximum Gasteiger partial charge on any atom is 0.327 e. The van der Waals surface area contributed by atoms with E-state index in [1.807, 2.05) is 0 Å². The zero-order chi connectivity index (χ0) is 20.3. The smallest absolute Gasteiger partial charge is 0.327 e. The fourth-order valence-corrected chi connectivity index (χ4v) is 4.92. The predicted octanol–water partition coefficient (Wildman–Crippen LogP) is 0.768.